The van der Waals surface area contributed by atoms with Crippen LogP contribution in [0.2, 0.25) is 0 Å². The number of aromatic nitrogens is 2. The molecule has 0 fully saturated rings. The predicted molar refractivity (Wildman–Crippen MR) is 115 cm³/mol. The van der Waals surface area contributed by atoms with Crippen LogP contribution in [0.3, 0.4) is 0 Å². The van der Waals surface area contributed by atoms with Gasteiger partial charge in [0.2, 0.25) is 0 Å². The molecule has 1 aromatic carbocycles. The Morgan fingerprint density at radius 3 is 2.90 bits per heavy atom. The minimum absolute atomic E-state index is 0.178. The van der Waals surface area contributed by atoms with Gasteiger partial charge in [-0.05, 0) is 37.1 Å². The van der Waals surface area contributed by atoms with E-state index in [1.165, 1.54) is 6.07 Å². The van der Waals surface area contributed by atoms with Crippen LogP contribution in [0, 0.1) is 19.7 Å². The largest absolute Gasteiger partial charge is 0.387 e. The normalized spacial score (nSPS) is 17.8. The van der Waals surface area contributed by atoms with Gasteiger partial charge in [0.15, 0.2) is 6.10 Å². The summed E-state index contributed by atoms with van der Waals surface area (Å²) in [6.45, 7) is 4.57. The summed E-state index contributed by atoms with van der Waals surface area (Å²) in [5.74, 6) is -0.123. The van der Waals surface area contributed by atoms with Crippen molar-refractivity contribution in [2.45, 2.75) is 32.9 Å². The van der Waals surface area contributed by atoms with Crippen LogP contribution in [-0.4, -0.2) is 46.2 Å². The molecule has 2 aromatic rings. The zero-order valence-electron chi connectivity index (χ0n) is 17.7. The first-order chi connectivity index (χ1) is 14.9. The summed E-state index contributed by atoms with van der Waals surface area (Å²) in [6, 6.07) is 6.38. The summed E-state index contributed by atoms with van der Waals surface area (Å²) in [6.07, 6.45) is 6.56. The maximum atomic E-state index is 13.4. The van der Waals surface area contributed by atoms with E-state index in [4.69, 9.17) is 4.84 Å². The number of carbonyl (C=O) groups excluding carboxylic acids is 1. The highest BCUT2D eigenvalue weighted by molar-refractivity contribution is 6.02. The number of halogens is 1. The molecule has 2 aliphatic heterocycles. The second kappa shape index (κ2) is 8.67. The van der Waals surface area contributed by atoms with Crippen molar-refractivity contribution in [2.24, 2.45) is 5.16 Å². The van der Waals surface area contributed by atoms with Crippen LogP contribution < -0.4 is 5.32 Å². The summed E-state index contributed by atoms with van der Waals surface area (Å²) in [7, 11) is 2.01. The number of nitrogens with one attached hydrogen (secondary N) is 1. The summed E-state index contributed by atoms with van der Waals surface area (Å²) >= 11 is 0. The van der Waals surface area contributed by atoms with E-state index in [9.17, 15) is 9.18 Å². The first-order valence-corrected chi connectivity index (χ1v) is 10.1. The SMILES string of the molecule is Cc1nc(C(=O)NCc2ccc(F)c(C)c2)cc(C2=NOC(C3=CN(C)CC=C3)C2)n1. The number of rotatable bonds is 5. The number of likely N-dealkylation sites (N-methyl/N-ethyl adjacent to an activating group) is 1. The van der Waals surface area contributed by atoms with Crippen molar-refractivity contribution in [3.8, 4) is 0 Å². The molecule has 0 aliphatic carbocycles. The first kappa shape index (κ1) is 20.7. The molecule has 8 heteroatoms. The molecule has 1 amide bonds. The third-order valence-electron chi connectivity index (χ3n) is 5.16. The molecule has 1 unspecified atom stereocenters. The number of hydrogen-bond acceptors (Lipinski definition) is 6. The predicted octanol–water partition coefficient (Wildman–Crippen LogP) is 3.04. The van der Waals surface area contributed by atoms with Gasteiger partial charge in [-0.2, -0.15) is 0 Å². The van der Waals surface area contributed by atoms with Crippen molar-refractivity contribution in [1.29, 1.82) is 0 Å². The van der Waals surface area contributed by atoms with Crippen molar-refractivity contribution in [1.82, 2.24) is 20.2 Å². The van der Waals surface area contributed by atoms with Crippen LogP contribution in [0.15, 0.2) is 53.3 Å². The van der Waals surface area contributed by atoms with E-state index < -0.39 is 0 Å². The Balaban J connectivity index is 1.45. The van der Waals surface area contributed by atoms with E-state index in [2.05, 4.69) is 31.4 Å². The number of nitrogens with zero attached hydrogens (tertiary/aromatic N) is 4. The maximum Gasteiger partial charge on any atom is 0.270 e. The molecular formula is C23H24FN5O2. The topological polar surface area (TPSA) is 79.7 Å². The third kappa shape index (κ3) is 4.79. The van der Waals surface area contributed by atoms with Crippen molar-refractivity contribution in [3.05, 3.63) is 82.3 Å². The van der Waals surface area contributed by atoms with E-state index in [0.29, 0.717) is 29.2 Å². The molecule has 3 heterocycles. The summed E-state index contributed by atoms with van der Waals surface area (Å²) < 4.78 is 13.4. The number of carbonyl (C=O) groups is 1. The van der Waals surface area contributed by atoms with Crippen molar-refractivity contribution in [3.63, 3.8) is 0 Å². The molecule has 31 heavy (non-hydrogen) atoms. The van der Waals surface area contributed by atoms with Gasteiger partial charge in [0.25, 0.3) is 5.91 Å². The molecule has 0 saturated carbocycles. The lowest BCUT2D eigenvalue weighted by atomic mass is 10.0. The number of benzene rings is 1. The van der Waals surface area contributed by atoms with Gasteiger partial charge in [0.05, 0.1) is 5.69 Å². The minimum atomic E-state index is -0.329. The summed E-state index contributed by atoms with van der Waals surface area (Å²) in [5.41, 5.74) is 3.91. The Morgan fingerprint density at radius 1 is 1.29 bits per heavy atom. The van der Waals surface area contributed by atoms with Crippen molar-refractivity contribution >= 4 is 11.6 Å². The summed E-state index contributed by atoms with van der Waals surface area (Å²) in [4.78, 5) is 29.1. The van der Waals surface area contributed by atoms with Crippen LogP contribution in [0.1, 0.15) is 39.6 Å². The first-order valence-electron chi connectivity index (χ1n) is 10.1. The van der Waals surface area contributed by atoms with Crippen molar-refractivity contribution < 1.29 is 14.0 Å². The standard InChI is InChI=1S/C23H24FN5O2/c1-14-9-16(6-7-18(14)24)12-25-23(30)21-10-19(26-15(2)27-21)20-11-22(31-28-20)17-5-4-8-29(3)13-17/h4-7,9-10,13,22H,8,11-12H2,1-3H3,(H,25,30). The molecule has 2 aliphatic rings. The van der Waals surface area contributed by atoms with Crippen LogP contribution in [0.5, 0.6) is 0 Å². The van der Waals surface area contributed by atoms with E-state index in [-0.39, 0.29) is 30.1 Å². The Labute approximate surface area is 180 Å². The van der Waals surface area contributed by atoms with Gasteiger partial charge in [-0.1, -0.05) is 29.4 Å². The molecule has 1 atom stereocenters. The monoisotopic (exact) mass is 421 g/mol. The number of hydrogen-bond donors (Lipinski definition) is 1. The number of oxime groups is 1. The van der Waals surface area contributed by atoms with E-state index in [1.54, 1.807) is 32.0 Å². The molecule has 1 N–H and O–H groups in total. The maximum absolute atomic E-state index is 13.4. The van der Waals surface area contributed by atoms with Gasteiger partial charge >= 0.3 is 0 Å². The fourth-order valence-electron chi connectivity index (χ4n) is 3.52. The van der Waals surface area contributed by atoms with Gasteiger partial charge in [-0.15, -0.1) is 0 Å². The quantitative estimate of drug-likeness (QED) is 0.803. The highest BCUT2D eigenvalue weighted by Crippen LogP contribution is 2.24. The van der Waals surface area contributed by atoms with Crippen LogP contribution in [0.4, 0.5) is 4.39 Å². The molecule has 160 valence electrons. The van der Waals surface area contributed by atoms with E-state index >= 15 is 0 Å². The fourth-order valence-corrected chi connectivity index (χ4v) is 3.52. The van der Waals surface area contributed by atoms with Crippen LogP contribution in [-0.2, 0) is 11.4 Å². The Bertz CT molecular complexity index is 1110. The number of aryl methyl sites for hydroxylation is 2. The molecule has 4 rings (SSSR count). The molecule has 0 saturated heterocycles. The Kier molecular flexibility index (Phi) is 5.79. The zero-order chi connectivity index (χ0) is 22.0. The highest BCUT2D eigenvalue weighted by Gasteiger charge is 2.27. The lowest BCUT2D eigenvalue weighted by molar-refractivity contribution is 0.0945. The lowest BCUT2D eigenvalue weighted by Crippen LogP contribution is -2.25. The fraction of sp³-hybridized carbons (Fsp3) is 0.304. The van der Waals surface area contributed by atoms with Gasteiger partial charge in [-0.3, -0.25) is 4.79 Å². The average molecular weight is 421 g/mol. The van der Waals surface area contributed by atoms with Crippen LogP contribution in [0.25, 0.3) is 0 Å². The molecule has 1 aromatic heterocycles. The molecule has 0 bridgehead atoms. The van der Waals surface area contributed by atoms with Crippen LogP contribution >= 0.6 is 0 Å². The second-order valence-corrected chi connectivity index (χ2v) is 7.76. The lowest BCUT2D eigenvalue weighted by Gasteiger charge is -2.20. The summed E-state index contributed by atoms with van der Waals surface area (Å²) in [5, 5.41) is 7.03. The highest BCUT2D eigenvalue weighted by atomic mass is 19.1. The number of amides is 1. The van der Waals surface area contributed by atoms with E-state index in [1.807, 2.05) is 19.3 Å². The second-order valence-electron chi connectivity index (χ2n) is 7.76. The average Bonchev–Trinajstić information content (AvgIpc) is 3.24. The van der Waals surface area contributed by atoms with E-state index in [0.717, 1.165) is 17.7 Å². The molecule has 0 spiro atoms. The molecule has 0 radical (unpaired) electrons. The Hall–Kier alpha value is -3.55. The van der Waals surface area contributed by atoms with Gasteiger partial charge < -0.3 is 15.1 Å². The van der Waals surface area contributed by atoms with Gasteiger partial charge in [-0.25, -0.2) is 14.4 Å². The zero-order valence-corrected chi connectivity index (χ0v) is 17.7. The minimum Gasteiger partial charge on any atom is -0.387 e. The van der Waals surface area contributed by atoms with Crippen molar-refractivity contribution in [2.75, 3.05) is 13.6 Å². The molecular weight excluding hydrogens is 397 g/mol. The van der Waals surface area contributed by atoms with Gasteiger partial charge in [0, 0.05) is 38.3 Å². The van der Waals surface area contributed by atoms with Gasteiger partial charge in [0.1, 0.15) is 23.0 Å². The Morgan fingerprint density at radius 2 is 2.13 bits per heavy atom. The smallest absolute Gasteiger partial charge is 0.270 e. The third-order valence-corrected chi connectivity index (χ3v) is 5.16. The molecule has 7 nitrogen and oxygen atoms in total.